The van der Waals surface area contributed by atoms with Crippen LogP contribution in [0.5, 0.6) is 0 Å². The summed E-state index contributed by atoms with van der Waals surface area (Å²) in [5.74, 6) is -0.411. The van der Waals surface area contributed by atoms with Crippen molar-refractivity contribution in [1.82, 2.24) is 5.32 Å². The average Bonchev–Trinajstić information content (AvgIpc) is 3.05. The first-order chi connectivity index (χ1) is 23.5. The fraction of sp³-hybridized carbons (Fsp3) is 0.674. The quantitative estimate of drug-likeness (QED) is 0.0283. The van der Waals surface area contributed by atoms with Gasteiger partial charge in [-0.15, -0.1) is 0 Å². The second kappa shape index (κ2) is 24.2. The molecular weight excluding hydrogens is 840 g/mol. The Bertz CT molecular complexity index is 1190. The van der Waals surface area contributed by atoms with Crippen molar-refractivity contribution < 1.29 is 19.4 Å². The standard InChI is InChI=1S/C31H45INO4.3C4H9.Sn/c1-10-31(9)19-21(3)15-17-27(31)18-20(2)14-16-22(4)30(37-28(35)13-11-12-23(5)32)24(6)29(36)25(7)33-26(8)34;3*1-3-4-2;/h1,10-18,21-22,24-25,27,29-30,36H,19H2,2-9H3,(H,33,34);3*1,3-4H2,2H3;/b10-1?,13-11+,16-14+,20-18+,23-12-;;;;/t21-,22-,24-,25-,27-,29+,30-,31-;;;;/m1..../s1. The van der Waals surface area contributed by atoms with Crippen molar-refractivity contribution in [3.05, 3.63) is 67.9 Å². The molecular formula is C43H72INO4Sn. The van der Waals surface area contributed by atoms with Crippen molar-refractivity contribution in [3.63, 3.8) is 0 Å². The number of hydrogen-bond acceptors (Lipinski definition) is 4. The van der Waals surface area contributed by atoms with Crippen molar-refractivity contribution in [2.75, 3.05) is 0 Å². The minimum absolute atomic E-state index is 0.0648. The number of carbonyl (C=O) groups excluding carboxylic acids is 2. The van der Waals surface area contributed by atoms with Crippen molar-refractivity contribution >= 4 is 52.8 Å². The van der Waals surface area contributed by atoms with Crippen LogP contribution in [0.25, 0.3) is 0 Å². The van der Waals surface area contributed by atoms with Crippen molar-refractivity contribution in [1.29, 1.82) is 0 Å². The van der Waals surface area contributed by atoms with Crippen LogP contribution in [-0.2, 0) is 14.3 Å². The van der Waals surface area contributed by atoms with Gasteiger partial charge in [-0.05, 0) is 40.0 Å². The average molecular weight is 913 g/mol. The number of nitrogens with one attached hydrogen (secondary N) is 1. The van der Waals surface area contributed by atoms with Gasteiger partial charge in [0.25, 0.3) is 0 Å². The van der Waals surface area contributed by atoms with Gasteiger partial charge in [-0.1, -0.05) is 12.2 Å². The number of hydrogen-bond donors (Lipinski definition) is 2. The van der Waals surface area contributed by atoms with Crippen LogP contribution in [0.15, 0.2) is 67.9 Å². The summed E-state index contributed by atoms with van der Waals surface area (Å²) in [5.41, 5.74) is 1.24. The first-order valence-corrected chi connectivity index (χ1v) is 28.2. The second-order valence-corrected chi connectivity index (χ2v) is 30.3. The van der Waals surface area contributed by atoms with Gasteiger partial charge in [0.1, 0.15) is 0 Å². The Hall–Kier alpha value is -1.13. The monoisotopic (exact) mass is 913 g/mol. The van der Waals surface area contributed by atoms with Gasteiger partial charge in [0, 0.05) is 13.0 Å². The van der Waals surface area contributed by atoms with Gasteiger partial charge in [0.15, 0.2) is 0 Å². The molecule has 5 nitrogen and oxygen atoms in total. The van der Waals surface area contributed by atoms with Crippen molar-refractivity contribution in [2.45, 2.75) is 153 Å². The summed E-state index contributed by atoms with van der Waals surface area (Å²) in [5, 5.41) is 13.9. The predicted octanol–water partition coefficient (Wildman–Crippen LogP) is 11.6. The third kappa shape index (κ3) is 17.1. The zero-order valence-electron chi connectivity index (χ0n) is 33.4. The molecule has 1 amide bonds. The third-order valence-corrected chi connectivity index (χ3v) is 24.9. The summed E-state index contributed by atoms with van der Waals surface area (Å²) in [6.45, 7) is 23.1. The molecule has 0 aromatic rings. The minimum atomic E-state index is -2.44. The SMILES string of the molecule is CCC[CH2][Sn](/[CH]=C/[C@]1(C)C[C@H](C)C=C[C@@H]1/C=C(C)/C=C/[C@@H](C)[C@@H](OC(=O)/C=C/C=C(/C)I)[C@H](C)[C@H](O)[C@@H](C)NC(C)=O)([CH2]CCC)[CH2]CCC. The summed E-state index contributed by atoms with van der Waals surface area (Å²) in [6.07, 6.45) is 26.7. The van der Waals surface area contributed by atoms with Crippen LogP contribution in [0.2, 0.25) is 13.3 Å². The zero-order chi connectivity index (χ0) is 37.9. The number of esters is 1. The van der Waals surface area contributed by atoms with Crippen LogP contribution in [0.3, 0.4) is 0 Å². The molecule has 2 N–H and O–H groups in total. The number of halogens is 1. The first-order valence-electron chi connectivity index (χ1n) is 19.4. The summed E-state index contributed by atoms with van der Waals surface area (Å²) >= 11 is -0.250. The Balaban J connectivity index is 3.42. The van der Waals surface area contributed by atoms with Crippen molar-refractivity contribution in [2.24, 2.45) is 29.1 Å². The van der Waals surface area contributed by atoms with E-state index in [1.165, 1.54) is 70.4 Å². The summed E-state index contributed by atoms with van der Waals surface area (Å²) in [4.78, 5) is 24.6. The molecule has 1 aliphatic rings. The van der Waals surface area contributed by atoms with Gasteiger partial charge in [-0.3, -0.25) is 4.79 Å². The van der Waals surface area contributed by atoms with Crippen LogP contribution in [0, 0.1) is 29.1 Å². The number of amides is 1. The summed E-state index contributed by atoms with van der Waals surface area (Å²) in [7, 11) is 0. The van der Waals surface area contributed by atoms with E-state index in [0.717, 1.165) is 10.0 Å². The number of unbranched alkanes of at least 4 members (excludes halogenated alkanes) is 3. The van der Waals surface area contributed by atoms with Gasteiger partial charge in [0.2, 0.25) is 5.91 Å². The predicted molar refractivity (Wildman–Crippen MR) is 226 cm³/mol. The Morgan fingerprint density at radius 1 is 1.00 bits per heavy atom. The molecule has 0 aromatic carbocycles. The zero-order valence-corrected chi connectivity index (χ0v) is 38.4. The molecule has 1 rings (SSSR count). The number of aliphatic hydroxyl groups is 1. The van der Waals surface area contributed by atoms with E-state index in [1.807, 2.05) is 26.8 Å². The van der Waals surface area contributed by atoms with Crippen LogP contribution in [0.4, 0.5) is 0 Å². The van der Waals surface area contributed by atoms with E-state index in [-0.39, 0.29) is 17.2 Å². The summed E-state index contributed by atoms with van der Waals surface area (Å²) in [6, 6.07) is -0.484. The maximum atomic E-state index is 12.9. The van der Waals surface area contributed by atoms with Crippen LogP contribution < -0.4 is 5.32 Å². The molecule has 0 aromatic heterocycles. The van der Waals surface area contributed by atoms with Gasteiger partial charge >= 0.3 is 230 Å². The fourth-order valence-corrected chi connectivity index (χ4v) is 22.3. The van der Waals surface area contributed by atoms with E-state index in [2.05, 4.69) is 110 Å². The second-order valence-electron chi connectivity index (χ2n) is 15.6. The van der Waals surface area contributed by atoms with Gasteiger partial charge in [-0.2, -0.15) is 0 Å². The molecule has 0 spiro atoms. The molecule has 0 fully saturated rings. The molecule has 0 bridgehead atoms. The molecule has 0 unspecified atom stereocenters. The van der Waals surface area contributed by atoms with Crippen molar-refractivity contribution in [3.8, 4) is 0 Å². The van der Waals surface area contributed by atoms with Gasteiger partial charge in [0.05, 0.1) is 6.04 Å². The molecule has 284 valence electrons. The number of allylic oxidation sites excluding steroid dienone is 9. The molecule has 7 heteroatoms. The van der Waals surface area contributed by atoms with E-state index in [1.54, 1.807) is 13.0 Å². The molecule has 50 heavy (non-hydrogen) atoms. The maximum absolute atomic E-state index is 12.9. The summed E-state index contributed by atoms with van der Waals surface area (Å²) < 4.78 is 14.3. The van der Waals surface area contributed by atoms with Gasteiger partial charge < -0.3 is 10.4 Å². The topological polar surface area (TPSA) is 75.6 Å². The van der Waals surface area contributed by atoms with Crippen LogP contribution >= 0.6 is 22.6 Å². The van der Waals surface area contributed by atoms with Crippen LogP contribution in [-0.4, -0.2) is 53.6 Å². The molecule has 0 saturated carbocycles. The van der Waals surface area contributed by atoms with E-state index in [9.17, 15) is 14.7 Å². The first kappa shape index (κ1) is 46.9. The number of carbonyl (C=O) groups is 2. The Morgan fingerprint density at radius 3 is 2.10 bits per heavy atom. The van der Waals surface area contributed by atoms with E-state index >= 15 is 0 Å². The third-order valence-electron chi connectivity index (χ3n) is 10.5. The van der Waals surface area contributed by atoms with Crippen LogP contribution in [0.1, 0.15) is 121 Å². The molecule has 8 atom stereocenters. The van der Waals surface area contributed by atoms with E-state index in [0.29, 0.717) is 11.8 Å². The molecule has 1 aliphatic carbocycles. The number of ether oxygens (including phenoxy) is 1. The molecule has 0 heterocycles. The molecule has 0 aliphatic heterocycles. The fourth-order valence-electron chi connectivity index (χ4n) is 7.36. The normalized spacial score (nSPS) is 23.7. The number of rotatable bonds is 22. The molecule has 0 radical (unpaired) electrons. The Kier molecular flexibility index (Phi) is 22.7. The Labute approximate surface area is 325 Å². The van der Waals surface area contributed by atoms with E-state index < -0.39 is 48.5 Å². The van der Waals surface area contributed by atoms with Gasteiger partial charge in [-0.25, -0.2) is 4.79 Å². The number of aliphatic hydroxyl groups excluding tert-OH is 1. The Morgan fingerprint density at radius 2 is 1.58 bits per heavy atom. The van der Waals surface area contributed by atoms with E-state index in [4.69, 9.17) is 4.74 Å². The molecule has 0 saturated heterocycles.